The third kappa shape index (κ3) is 3.55. The number of likely N-dealkylation sites (N-methyl/N-ethyl adjacent to an activating group) is 1. The van der Waals surface area contributed by atoms with E-state index in [0.717, 1.165) is 24.5 Å². The number of fused-ring (bicyclic) bond motifs is 1. The van der Waals surface area contributed by atoms with Crippen molar-refractivity contribution in [2.45, 2.75) is 64.0 Å². The van der Waals surface area contributed by atoms with Crippen LogP contribution in [0.3, 0.4) is 0 Å². The highest BCUT2D eigenvalue weighted by molar-refractivity contribution is 4.88. The Morgan fingerprint density at radius 1 is 1.00 bits per heavy atom. The summed E-state index contributed by atoms with van der Waals surface area (Å²) in [6, 6.07) is 1.61. The van der Waals surface area contributed by atoms with Gasteiger partial charge in [0.1, 0.15) is 0 Å². The quantitative estimate of drug-likeness (QED) is 0.833. The molecule has 0 amide bonds. The maximum absolute atomic E-state index is 3.80. The van der Waals surface area contributed by atoms with Gasteiger partial charge in [0.05, 0.1) is 0 Å². The standard InChI is InChI=1S/C17H33N3/c1-2-18-17(15-7-3-4-8-15)14-19-10-6-12-20-11-5-9-16(20)13-19/h15-18H,2-14H2,1H3. The molecule has 116 valence electrons. The Bertz CT molecular complexity index is 288. The van der Waals surface area contributed by atoms with Gasteiger partial charge in [0.25, 0.3) is 0 Å². The summed E-state index contributed by atoms with van der Waals surface area (Å²) in [5.74, 6) is 0.942. The molecule has 0 spiro atoms. The van der Waals surface area contributed by atoms with Gasteiger partial charge in [0, 0.05) is 25.2 Å². The maximum Gasteiger partial charge on any atom is 0.0223 e. The smallest absolute Gasteiger partial charge is 0.0223 e. The van der Waals surface area contributed by atoms with E-state index in [2.05, 4.69) is 22.0 Å². The molecule has 0 aromatic heterocycles. The average molecular weight is 279 g/mol. The Morgan fingerprint density at radius 2 is 1.80 bits per heavy atom. The minimum atomic E-state index is 0.746. The third-order valence-electron chi connectivity index (χ3n) is 5.78. The summed E-state index contributed by atoms with van der Waals surface area (Å²) in [5.41, 5.74) is 0. The summed E-state index contributed by atoms with van der Waals surface area (Å²) < 4.78 is 0. The van der Waals surface area contributed by atoms with E-state index < -0.39 is 0 Å². The Hall–Kier alpha value is -0.120. The van der Waals surface area contributed by atoms with Crippen molar-refractivity contribution in [2.75, 3.05) is 39.3 Å². The van der Waals surface area contributed by atoms with E-state index in [1.54, 1.807) is 0 Å². The highest BCUT2D eigenvalue weighted by Crippen LogP contribution is 2.29. The molecular weight excluding hydrogens is 246 g/mol. The largest absolute Gasteiger partial charge is 0.313 e. The molecule has 1 saturated carbocycles. The summed E-state index contributed by atoms with van der Waals surface area (Å²) in [5, 5.41) is 3.80. The van der Waals surface area contributed by atoms with Crippen LogP contribution in [-0.4, -0.2) is 61.2 Å². The Labute approximate surface area is 125 Å². The van der Waals surface area contributed by atoms with Crippen LogP contribution in [0.2, 0.25) is 0 Å². The lowest BCUT2D eigenvalue weighted by atomic mass is 9.97. The van der Waals surface area contributed by atoms with E-state index in [-0.39, 0.29) is 0 Å². The molecule has 3 nitrogen and oxygen atoms in total. The molecule has 0 aromatic carbocycles. The van der Waals surface area contributed by atoms with Crippen molar-refractivity contribution >= 4 is 0 Å². The van der Waals surface area contributed by atoms with Crippen molar-refractivity contribution in [3.8, 4) is 0 Å². The molecule has 0 aromatic rings. The van der Waals surface area contributed by atoms with Crippen molar-refractivity contribution in [1.29, 1.82) is 0 Å². The van der Waals surface area contributed by atoms with Crippen LogP contribution in [0.5, 0.6) is 0 Å². The molecule has 20 heavy (non-hydrogen) atoms. The van der Waals surface area contributed by atoms with E-state index in [9.17, 15) is 0 Å². The van der Waals surface area contributed by atoms with Crippen LogP contribution in [0.15, 0.2) is 0 Å². The van der Waals surface area contributed by atoms with Gasteiger partial charge >= 0.3 is 0 Å². The van der Waals surface area contributed by atoms with E-state index in [0.29, 0.717) is 0 Å². The SMILES string of the molecule is CCNC(CN1CCCN2CCCC2C1)C1CCCC1. The molecule has 3 aliphatic rings. The second-order valence-electron chi connectivity index (χ2n) is 7.15. The molecule has 2 aliphatic heterocycles. The van der Waals surface area contributed by atoms with Gasteiger partial charge in [-0.15, -0.1) is 0 Å². The molecule has 0 bridgehead atoms. The molecule has 2 heterocycles. The van der Waals surface area contributed by atoms with Gasteiger partial charge in [-0.2, -0.15) is 0 Å². The molecule has 3 fully saturated rings. The minimum Gasteiger partial charge on any atom is -0.313 e. The van der Waals surface area contributed by atoms with Crippen molar-refractivity contribution in [3.05, 3.63) is 0 Å². The van der Waals surface area contributed by atoms with Gasteiger partial charge in [0.2, 0.25) is 0 Å². The second kappa shape index (κ2) is 7.24. The number of nitrogens with one attached hydrogen (secondary N) is 1. The molecule has 2 saturated heterocycles. The lowest BCUT2D eigenvalue weighted by molar-refractivity contribution is 0.187. The molecular formula is C17H33N3. The summed E-state index contributed by atoms with van der Waals surface area (Å²) >= 11 is 0. The lowest BCUT2D eigenvalue weighted by Gasteiger charge is -2.32. The number of hydrogen-bond donors (Lipinski definition) is 1. The van der Waals surface area contributed by atoms with Crippen molar-refractivity contribution in [1.82, 2.24) is 15.1 Å². The Morgan fingerprint density at radius 3 is 2.60 bits per heavy atom. The second-order valence-corrected chi connectivity index (χ2v) is 7.15. The van der Waals surface area contributed by atoms with Gasteiger partial charge < -0.3 is 10.2 Å². The van der Waals surface area contributed by atoms with Gasteiger partial charge in [-0.05, 0) is 64.2 Å². The van der Waals surface area contributed by atoms with Gasteiger partial charge in [-0.3, -0.25) is 4.90 Å². The highest BCUT2D eigenvalue weighted by atomic mass is 15.3. The first-order valence-corrected chi connectivity index (χ1v) is 9.06. The monoisotopic (exact) mass is 279 g/mol. The predicted molar refractivity (Wildman–Crippen MR) is 85.1 cm³/mol. The zero-order chi connectivity index (χ0) is 13.8. The fourth-order valence-corrected chi connectivity index (χ4v) is 4.73. The molecule has 1 aliphatic carbocycles. The van der Waals surface area contributed by atoms with Crippen LogP contribution in [0, 0.1) is 5.92 Å². The first kappa shape index (κ1) is 14.8. The molecule has 3 heteroatoms. The van der Waals surface area contributed by atoms with Crippen LogP contribution in [0.4, 0.5) is 0 Å². The van der Waals surface area contributed by atoms with Gasteiger partial charge in [-0.25, -0.2) is 0 Å². The first-order chi connectivity index (χ1) is 9.86. The fourth-order valence-electron chi connectivity index (χ4n) is 4.73. The van der Waals surface area contributed by atoms with Crippen LogP contribution >= 0.6 is 0 Å². The zero-order valence-corrected chi connectivity index (χ0v) is 13.3. The Kier molecular flexibility index (Phi) is 5.36. The van der Waals surface area contributed by atoms with Gasteiger partial charge in [0.15, 0.2) is 0 Å². The molecule has 1 N–H and O–H groups in total. The van der Waals surface area contributed by atoms with Crippen molar-refractivity contribution in [3.63, 3.8) is 0 Å². The van der Waals surface area contributed by atoms with Crippen LogP contribution < -0.4 is 5.32 Å². The average Bonchev–Trinajstić information content (AvgIpc) is 3.08. The topological polar surface area (TPSA) is 18.5 Å². The van der Waals surface area contributed by atoms with Crippen molar-refractivity contribution in [2.24, 2.45) is 5.92 Å². The van der Waals surface area contributed by atoms with Crippen LogP contribution in [0.25, 0.3) is 0 Å². The minimum absolute atomic E-state index is 0.746. The van der Waals surface area contributed by atoms with Crippen molar-refractivity contribution < 1.29 is 0 Å². The number of rotatable bonds is 5. The fraction of sp³-hybridized carbons (Fsp3) is 1.00. The lowest BCUT2D eigenvalue weighted by Crippen LogP contribution is -2.47. The van der Waals surface area contributed by atoms with Crippen LogP contribution in [0.1, 0.15) is 51.9 Å². The van der Waals surface area contributed by atoms with E-state index >= 15 is 0 Å². The Balaban J connectivity index is 1.56. The molecule has 0 radical (unpaired) electrons. The molecule has 3 rings (SSSR count). The zero-order valence-electron chi connectivity index (χ0n) is 13.3. The summed E-state index contributed by atoms with van der Waals surface area (Å²) in [6.07, 6.45) is 10.1. The van der Waals surface area contributed by atoms with E-state index in [1.165, 1.54) is 77.7 Å². The van der Waals surface area contributed by atoms with Crippen LogP contribution in [-0.2, 0) is 0 Å². The maximum atomic E-state index is 3.80. The highest BCUT2D eigenvalue weighted by Gasteiger charge is 2.31. The summed E-state index contributed by atoms with van der Waals surface area (Å²) in [4.78, 5) is 5.53. The number of hydrogen-bond acceptors (Lipinski definition) is 3. The van der Waals surface area contributed by atoms with Gasteiger partial charge in [-0.1, -0.05) is 19.8 Å². The predicted octanol–water partition coefficient (Wildman–Crippen LogP) is 2.32. The number of nitrogens with zero attached hydrogens (tertiary/aromatic N) is 2. The first-order valence-electron chi connectivity index (χ1n) is 9.06. The van der Waals surface area contributed by atoms with E-state index in [1.807, 2.05) is 0 Å². The summed E-state index contributed by atoms with van der Waals surface area (Å²) in [7, 11) is 0. The molecule has 2 unspecified atom stereocenters. The van der Waals surface area contributed by atoms with E-state index in [4.69, 9.17) is 0 Å². The summed E-state index contributed by atoms with van der Waals surface area (Å²) in [6.45, 7) is 10.0. The third-order valence-corrected chi connectivity index (χ3v) is 5.78. The normalized spacial score (nSPS) is 31.4. The molecule has 2 atom stereocenters.